The van der Waals surface area contributed by atoms with E-state index in [1.165, 1.54) is 0 Å². The zero-order chi connectivity index (χ0) is 15.8. The van der Waals surface area contributed by atoms with Gasteiger partial charge < -0.3 is 19.1 Å². The molecule has 1 fully saturated rings. The molecule has 1 atom stereocenters. The number of carbonyl (C=O) groups excluding carboxylic acids is 1. The van der Waals surface area contributed by atoms with Crippen molar-refractivity contribution in [1.29, 1.82) is 0 Å². The first-order valence-corrected chi connectivity index (χ1v) is 7.43. The first-order chi connectivity index (χ1) is 11.2. The van der Waals surface area contributed by atoms with Crippen LogP contribution in [0.5, 0.6) is 0 Å². The number of carbonyl (C=O) groups is 1. The summed E-state index contributed by atoms with van der Waals surface area (Å²) in [7, 11) is 1.86. The number of fused-ring (bicyclic) bond motifs is 1. The van der Waals surface area contributed by atoms with Gasteiger partial charge in [0.2, 0.25) is 0 Å². The maximum Gasteiger partial charge on any atom is 0.257 e. The lowest BCUT2D eigenvalue weighted by atomic mass is 10.2. The Hall–Kier alpha value is -2.68. The van der Waals surface area contributed by atoms with Crippen LogP contribution >= 0.6 is 0 Å². The molecule has 0 radical (unpaired) electrons. The number of amides is 1. The average molecular weight is 316 g/mol. The molecule has 0 spiro atoms. The maximum absolute atomic E-state index is 12.3. The number of imidazole rings is 1. The zero-order valence-electron chi connectivity index (χ0n) is 12.6. The van der Waals surface area contributed by atoms with Crippen molar-refractivity contribution >= 4 is 11.6 Å². The van der Waals surface area contributed by atoms with Crippen LogP contribution in [0.1, 0.15) is 41.0 Å². The number of nitrogens with one attached hydrogen (secondary N) is 1. The molecule has 0 aromatic carbocycles. The van der Waals surface area contributed by atoms with Crippen molar-refractivity contribution in [3.05, 3.63) is 35.9 Å². The topological polar surface area (TPSA) is 99.5 Å². The van der Waals surface area contributed by atoms with Gasteiger partial charge in [0.15, 0.2) is 5.82 Å². The van der Waals surface area contributed by atoms with E-state index in [0.717, 1.165) is 18.5 Å². The molecule has 0 saturated carbocycles. The lowest BCUT2D eigenvalue weighted by Gasteiger charge is -2.02. The number of hydrogen-bond acceptors (Lipinski definition) is 6. The van der Waals surface area contributed by atoms with Crippen molar-refractivity contribution in [3.8, 4) is 0 Å². The molecule has 4 rings (SSSR count). The number of nitrogens with zero attached hydrogens (tertiary/aromatic N) is 5. The highest BCUT2D eigenvalue weighted by atomic mass is 16.5. The SMILES string of the molecule is Cn1ccn2ncc(C(=O)NCc3noc([C@H]4CCCO4)n3)c12. The lowest BCUT2D eigenvalue weighted by molar-refractivity contribution is 0.0835. The Morgan fingerprint density at radius 1 is 1.48 bits per heavy atom. The van der Waals surface area contributed by atoms with E-state index >= 15 is 0 Å². The van der Waals surface area contributed by atoms with Gasteiger partial charge in [-0.1, -0.05) is 5.16 Å². The molecule has 0 bridgehead atoms. The number of hydrogen-bond donors (Lipinski definition) is 1. The van der Waals surface area contributed by atoms with Crippen molar-refractivity contribution in [2.75, 3.05) is 6.61 Å². The fourth-order valence-electron chi connectivity index (χ4n) is 2.71. The molecule has 23 heavy (non-hydrogen) atoms. The molecule has 1 aliphatic heterocycles. The highest BCUT2D eigenvalue weighted by Crippen LogP contribution is 2.26. The second-order valence-corrected chi connectivity index (χ2v) is 5.47. The molecule has 120 valence electrons. The third-order valence-electron chi connectivity index (χ3n) is 3.88. The van der Waals surface area contributed by atoms with Crippen LogP contribution in [-0.2, 0) is 18.3 Å². The van der Waals surface area contributed by atoms with E-state index in [9.17, 15) is 4.79 Å². The van der Waals surface area contributed by atoms with Crippen molar-refractivity contribution in [2.24, 2.45) is 7.05 Å². The standard InChI is InChI=1S/C14H16N6O3/c1-19-4-5-20-14(19)9(7-16-20)12(21)15-8-11-17-13(23-18-11)10-3-2-6-22-10/h4-5,7,10H,2-3,6,8H2,1H3,(H,15,21)/t10-/m1/s1. The first kappa shape index (κ1) is 13.9. The molecule has 1 saturated heterocycles. The monoisotopic (exact) mass is 316 g/mol. The molecule has 9 nitrogen and oxygen atoms in total. The van der Waals surface area contributed by atoms with Gasteiger partial charge >= 0.3 is 0 Å². The molecule has 9 heteroatoms. The van der Waals surface area contributed by atoms with Crippen molar-refractivity contribution in [1.82, 2.24) is 29.6 Å². The Morgan fingerprint density at radius 3 is 3.22 bits per heavy atom. The summed E-state index contributed by atoms with van der Waals surface area (Å²) in [6, 6.07) is 0. The van der Waals surface area contributed by atoms with Gasteiger partial charge in [-0.25, -0.2) is 4.52 Å². The fourth-order valence-corrected chi connectivity index (χ4v) is 2.71. The highest BCUT2D eigenvalue weighted by molar-refractivity contribution is 5.99. The van der Waals surface area contributed by atoms with Gasteiger partial charge in [0.25, 0.3) is 11.8 Å². The third kappa shape index (κ3) is 2.48. The molecular formula is C14H16N6O3. The second kappa shape index (κ2) is 5.51. The zero-order valence-corrected chi connectivity index (χ0v) is 12.6. The van der Waals surface area contributed by atoms with Gasteiger partial charge in [0.1, 0.15) is 17.3 Å². The molecule has 1 amide bonds. The summed E-state index contributed by atoms with van der Waals surface area (Å²) in [6.07, 6.45) is 6.93. The van der Waals surface area contributed by atoms with Crippen LogP contribution in [0.3, 0.4) is 0 Å². The number of aryl methyl sites for hydroxylation is 1. The summed E-state index contributed by atoms with van der Waals surface area (Å²) in [5.74, 6) is 0.673. The normalized spacial score (nSPS) is 17.9. The third-order valence-corrected chi connectivity index (χ3v) is 3.88. The van der Waals surface area contributed by atoms with E-state index in [4.69, 9.17) is 9.26 Å². The fraction of sp³-hybridized carbons (Fsp3) is 0.429. The summed E-state index contributed by atoms with van der Waals surface area (Å²) in [5, 5.41) is 10.8. The van der Waals surface area contributed by atoms with E-state index in [-0.39, 0.29) is 18.6 Å². The summed E-state index contributed by atoms with van der Waals surface area (Å²) in [6.45, 7) is 0.907. The van der Waals surface area contributed by atoms with Gasteiger partial charge in [0.05, 0.1) is 12.7 Å². The smallest absolute Gasteiger partial charge is 0.257 e. The van der Waals surface area contributed by atoms with Crippen LogP contribution in [0, 0.1) is 0 Å². The van der Waals surface area contributed by atoms with E-state index < -0.39 is 0 Å². The number of rotatable bonds is 4. The molecule has 0 unspecified atom stereocenters. The molecule has 3 aromatic rings. The number of ether oxygens (including phenoxy) is 1. The largest absolute Gasteiger partial charge is 0.368 e. The van der Waals surface area contributed by atoms with E-state index in [2.05, 4.69) is 20.6 Å². The Kier molecular flexibility index (Phi) is 3.34. The van der Waals surface area contributed by atoms with E-state index in [1.54, 1.807) is 16.9 Å². The Bertz CT molecular complexity index is 842. The average Bonchev–Trinajstić information content (AvgIpc) is 3.31. The number of aromatic nitrogens is 5. The summed E-state index contributed by atoms with van der Waals surface area (Å²) >= 11 is 0. The molecule has 3 aromatic heterocycles. The Labute approximate surface area is 131 Å². The van der Waals surface area contributed by atoms with Crippen molar-refractivity contribution in [3.63, 3.8) is 0 Å². The first-order valence-electron chi connectivity index (χ1n) is 7.43. The quantitative estimate of drug-likeness (QED) is 0.765. The molecule has 0 aliphatic carbocycles. The summed E-state index contributed by atoms with van der Waals surface area (Å²) < 4.78 is 14.2. The van der Waals surface area contributed by atoms with Crippen molar-refractivity contribution < 1.29 is 14.1 Å². The van der Waals surface area contributed by atoms with Gasteiger partial charge in [0, 0.05) is 26.0 Å². The van der Waals surface area contributed by atoms with Gasteiger partial charge in [-0.3, -0.25) is 4.79 Å². The van der Waals surface area contributed by atoms with Crippen LogP contribution in [0.2, 0.25) is 0 Å². The van der Waals surface area contributed by atoms with Gasteiger partial charge in [-0.05, 0) is 12.8 Å². The Balaban J connectivity index is 1.44. The van der Waals surface area contributed by atoms with Crippen molar-refractivity contribution in [2.45, 2.75) is 25.5 Å². The Morgan fingerprint density at radius 2 is 2.39 bits per heavy atom. The maximum atomic E-state index is 12.3. The molecule has 1 N–H and O–H groups in total. The van der Waals surface area contributed by atoms with Crippen LogP contribution in [0.4, 0.5) is 0 Å². The highest BCUT2D eigenvalue weighted by Gasteiger charge is 2.24. The minimum atomic E-state index is -0.231. The summed E-state index contributed by atoms with van der Waals surface area (Å²) in [4.78, 5) is 16.6. The minimum absolute atomic E-state index is 0.120. The van der Waals surface area contributed by atoms with E-state index in [0.29, 0.717) is 23.9 Å². The second-order valence-electron chi connectivity index (χ2n) is 5.47. The van der Waals surface area contributed by atoms with Gasteiger partial charge in [-0.15, -0.1) is 0 Å². The molecule has 1 aliphatic rings. The van der Waals surface area contributed by atoms with E-state index in [1.807, 2.05) is 17.8 Å². The van der Waals surface area contributed by atoms with Crippen LogP contribution in [0.25, 0.3) is 5.65 Å². The lowest BCUT2D eigenvalue weighted by Crippen LogP contribution is -2.23. The minimum Gasteiger partial charge on any atom is -0.368 e. The predicted octanol–water partition coefficient (Wildman–Crippen LogP) is 0.837. The van der Waals surface area contributed by atoms with Crippen LogP contribution in [-0.4, -0.2) is 36.8 Å². The van der Waals surface area contributed by atoms with Crippen LogP contribution in [0.15, 0.2) is 23.1 Å². The molecular weight excluding hydrogens is 300 g/mol. The van der Waals surface area contributed by atoms with Crippen LogP contribution < -0.4 is 5.32 Å². The molecule has 4 heterocycles. The summed E-state index contributed by atoms with van der Waals surface area (Å²) in [5.41, 5.74) is 1.23. The van der Waals surface area contributed by atoms with Gasteiger partial charge in [-0.2, -0.15) is 10.1 Å². The predicted molar refractivity (Wildman–Crippen MR) is 77.6 cm³/mol.